The molecule has 2 saturated carbocycles. The molecular formula is C18H20Br2O3. The lowest BCUT2D eigenvalue weighted by Crippen LogP contribution is -2.43. The molecule has 0 bridgehead atoms. The van der Waals surface area contributed by atoms with E-state index < -0.39 is 6.10 Å². The third-order valence-electron chi connectivity index (χ3n) is 6.63. The van der Waals surface area contributed by atoms with Crippen molar-refractivity contribution in [2.45, 2.75) is 51.0 Å². The van der Waals surface area contributed by atoms with Crippen molar-refractivity contribution in [2.75, 3.05) is 0 Å². The van der Waals surface area contributed by atoms with Gasteiger partial charge in [0.2, 0.25) is 0 Å². The smallest absolute Gasteiger partial charge is 0.167 e. The molecule has 2 N–H and O–H groups in total. The first-order valence-electron chi connectivity index (χ1n) is 8.26. The van der Waals surface area contributed by atoms with Gasteiger partial charge in [0, 0.05) is 5.41 Å². The number of aliphatic hydroxyl groups is 1. The molecule has 23 heavy (non-hydrogen) atoms. The standard InChI is InChI=1S/C18H20Br2O3/c1-18-5-4-8-9(12(18)7-14(21)17(18)23)2-3-10-11(8)6-13(19)16(22)15(10)20/h6,8-9,12,14,21-22H,2-5,7H2,1H3/t8-,9+,12-,14+,18-/m1/s1. The van der Waals surface area contributed by atoms with Gasteiger partial charge in [-0.3, -0.25) is 4.79 Å². The number of phenols is 1. The van der Waals surface area contributed by atoms with Gasteiger partial charge in [-0.2, -0.15) is 0 Å². The minimum Gasteiger partial charge on any atom is -0.506 e. The van der Waals surface area contributed by atoms with Crippen molar-refractivity contribution < 1.29 is 15.0 Å². The van der Waals surface area contributed by atoms with Crippen LogP contribution in [0.4, 0.5) is 0 Å². The summed E-state index contributed by atoms with van der Waals surface area (Å²) in [6.45, 7) is 2.06. The van der Waals surface area contributed by atoms with E-state index >= 15 is 0 Å². The summed E-state index contributed by atoms with van der Waals surface area (Å²) in [4.78, 5) is 12.4. The van der Waals surface area contributed by atoms with Crippen LogP contribution >= 0.6 is 31.9 Å². The van der Waals surface area contributed by atoms with Gasteiger partial charge in [-0.15, -0.1) is 0 Å². The molecule has 0 unspecified atom stereocenters. The van der Waals surface area contributed by atoms with Crippen LogP contribution in [0.2, 0.25) is 0 Å². The molecule has 0 amide bonds. The molecule has 3 nitrogen and oxygen atoms in total. The van der Waals surface area contributed by atoms with Gasteiger partial charge in [0.1, 0.15) is 11.9 Å². The number of ketones is 1. The normalized spacial score (nSPS) is 38.9. The lowest BCUT2D eigenvalue weighted by molar-refractivity contribution is -0.134. The summed E-state index contributed by atoms with van der Waals surface area (Å²) < 4.78 is 1.52. The number of carbonyl (C=O) groups is 1. The fourth-order valence-corrected chi connectivity index (χ4v) is 6.78. The van der Waals surface area contributed by atoms with Crippen LogP contribution in [-0.4, -0.2) is 22.1 Å². The largest absolute Gasteiger partial charge is 0.506 e. The fourth-order valence-electron chi connectivity index (χ4n) is 5.43. The summed E-state index contributed by atoms with van der Waals surface area (Å²) in [5.41, 5.74) is 2.16. The first-order chi connectivity index (χ1) is 10.8. The van der Waals surface area contributed by atoms with Gasteiger partial charge < -0.3 is 10.2 Å². The maximum Gasteiger partial charge on any atom is 0.167 e. The maximum atomic E-state index is 12.4. The summed E-state index contributed by atoms with van der Waals surface area (Å²) in [6.07, 6.45) is 3.61. The molecule has 5 heteroatoms. The van der Waals surface area contributed by atoms with E-state index in [0.29, 0.717) is 18.3 Å². The van der Waals surface area contributed by atoms with E-state index in [9.17, 15) is 15.0 Å². The average Bonchev–Trinajstić information content (AvgIpc) is 2.76. The summed E-state index contributed by atoms with van der Waals surface area (Å²) >= 11 is 7.00. The highest BCUT2D eigenvalue weighted by molar-refractivity contribution is 9.11. The highest BCUT2D eigenvalue weighted by Gasteiger charge is 2.58. The molecule has 0 saturated heterocycles. The van der Waals surface area contributed by atoms with Crippen molar-refractivity contribution >= 4 is 37.6 Å². The Morgan fingerprint density at radius 3 is 2.78 bits per heavy atom. The maximum absolute atomic E-state index is 12.4. The number of halogens is 2. The van der Waals surface area contributed by atoms with Crippen LogP contribution in [0.15, 0.2) is 15.0 Å². The SMILES string of the molecule is C[C@@]12CC[C@H]3c4cc(Br)c(O)c(Br)c4CC[C@@H]3[C@H]1C[C@H](O)C2=O. The quantitative estimate of drug-likeness (QED) is 0.627. The lowest BCUT2D eigenvalue weighted by Gasteiger charge is -2.48. The summed E-state index contributed by atoms with van der Waals surface area (Å²) in [6, 6.07) is 2.06. The number of Topliss-reactive ketones (excluding diaryl/α,β-unsaturated/α-hetero) is 1. The molecule has 3 aliphatic rings. The van der Waals surface area contributed by atoms with Crippen molar-refractivity contribution in [2.24, 2.45) is 17.3 Å². The fraction of sp³-hybridized carbons (Fsp3) is 0.611. The highest BCUT2D eigenvalue weighted by Crippen LogP contribution is 2.60. The van der Waals surface area contributed by atoms with Gasteiger partial charge in [-0.05, 0) is 98.9 Å². The Bertz CT molecular complexity index is 702. The minimum atomic E-state index is -0.775. The Morgan fingerprint density at radius 1 is 1.30 bits per heavy atom. The number of aliphatic hydroxyl groups excluding tert-OH is 1. The second-order valence-corrected chi connectivity index (χ2v) is 9.22. The van der Waals surface area contributed by atoms with Crippen LogP contribution in [0.1, 0.15) is 49.7 Å². The van der Waals surface area contributed by atoms with Gasteiger partial charge >= 0.3 is 0 Å². The molecule has 2 fully saturated rings. The number of hydrogen-bond acceptors (Lipinski definition) is 3. The second-order valence-electron chi connectivity index (χ2n) is 7.58. The van der Waals surface area contributed by atoms with E-state index in [2.05, 4.69) is 44.8 Å². The van der Waals surface area contributed by atoms with E-state index in [-0.39, 0.29) is 22.9 Å². The molecule has 124 valence electrons. The summed E-state index contributed by atoms with van der Waals surface area (Å²) in [7, 11) is 0. The number of hydrogen-bond donors (Lipinski definition) is 2. The highest BCUT2D eigenvalue weighted by atomic mass is 79.9. The van der Waals surface area contributed by atoms with Gasteiger partial charge in [0.25, 0.3) is 0 Å². The topological polar surface area (TPSA) is 57.5 Å². The Kier molecular flexibility index (Phi) is 3.71. The Labute approximate surface area is 152 Å². The number of carbonyl (C=O) groups excluding carboxylic acids is 1. The van der Waals surface area contributed by atoms with E-state index in [1.165, 1.54) is 11.1 Å². The van der Waals surface area contributed by atoms with E-state index in [0.717, 1.165) is 34.6 Å². The number of rotatable bonds is 0. The van der Waals surface area contributed by atoms with E-state index in [1.54, 1.807) is 0 Å². The summed E-state index contributed by atoms with van der Waals surface area (Å²) in [5, 5.41) is 20.3. The second kappa shape index (κ2) is 5.30. The van der Waals surface area contributed by atoms with Crippen LogP contribution in [0, 0.1) is 17.3 Å². The van der Waals surface area contributed by atoms with Crippen LogP contribution in [0.25, 0.3) is 0 Å². The molecule has 0 heterocycles. The van der Waals surface area contributed by atoms with Crippen LogP contribution in [0.5, 0.6) is 5.75 Å². The molecule has 5 atom stereocenters. The molecule has 0 radical (unpaired) electrons. The Hall–Kier alpha value is -0.390. The number of aromatic hydroxyl groups is 1. The number of benzene rings is 1. The molecule has 0 aliphatic heterocycles. The van der Waals surface area contributed by atoms with Crippen molar-refractivity contribution in [3.05, 3.63) is 26.1 Å². The minimum absolute atomic E-state index is 0.0554. The van der Waals surface area contributed by atoms with Crippen LogP contribution in [-0.2, 0) is 11.2 Å². The summed E-state index contributed by atoms with van der Waals surface area (Å²) in [5.74, 6) is 1.48. The van der Waals surface area contributed by atoms with Gasteiger partial charge in [0.05, 0.1) is 8.95 Å². The molecule has 0 aromatic heterocycles. The Morgan fingerprint density at radius 2 is 2.04 bits per heavy atom. The predicted octanol–water partition coefficient (Wildman–Crippen LogP) is 4.31. The first-order valence-corrected chi connectivity index (χ1v) is 9.85. The zero-order valence-corrected chi connectivity index (χ0v) is 16.2. The third-order valence-corrected chi connectivity index (χ3v) is 8.09. The molecule has 1 aromatic carbocycles. The van der Waals surface area contributed by atoms with Crippen molar-refractivity contribution in [1.29, 1.82) is 0 Å². The molecule has 4 rings (SSSR count). The zero-order chi connectivity index (χ0) is 16.5. The number of phenolic OH excluding ortho intramolecular Hbond substituents is 1. The van der Waals surface area contributed by atoms with Gasteiger partial charge in [-0.1, -0.05) is 6.92 Å². The van der Waals surface area contributed by atoms with E-state index in [4.69, 9.17) is 0 Å². The average molecular weight is 444 g/mol. The monoisotopic (exact) mass is 442 g/mol. The molecule has 1 aromatic rings. The first kappa shape index (κ1) is 16.1. The van der Waals surface area contributed by atoms with Crippen LogP contribution < -0.4 is 0 Å². The van der Waals surface area contributed by atoms with Crippen molar-refractivity contribution in [3.63, 3.8) is 0 Å². The van der Waals surface area contributed by atoms with Crippen LogP contribution in [0.3, 0.4) is 0 Å². The predicted molar refractivity (Wildman–Crippen MR) is 94.5 cm³/mol. The zero-order valence-electron chi connectivity index (χ0n) is 13.0. The third kappa shape index (κ3) is 2.12. The van der Waals surface area contributed by atoms with Gasteiger partial charge in [-0.25, -0.2) is 0 Å². The molecular weight excluding hydrogens is 424 g/mol. The lowest BCUT2D eigenvalue weighted by atomic mass is 9.55. The van der Waals surface area contributed by atoms with E-state index in [1.807, 2.05) is 0 Å². The van der Waals surface area contributed by atoms with Gasteiger partial charge in [0.15, 0.2) is 5.78 Å². The van der Waals surface area contributed by atoms with Crippen molar-refractivity contribution in [3.8, 4) is 5.75 Å². The Balaban J connectivity index is 1.77. The molecule has 0 spiro atoms. The number of fused-ring (bicyclic) bond motifs is 5. The van der Waals surface area contributed by atoms with Crippen molar-refractivity contribution in [1.82, 2.24) is 0 Å². The molecule has 3 aliphatic carbocycles.